The summed E-state index contributed by atoms with van der Waals surface area (Å²) in [6.07, 6.45) is 5.49. The van der Waals surface area contributed by atoms with Crippen LogP contribution >= 0.6 is 24.0 Å². The lowest BCUT2D eigenvalue weighted by molar-refractivity contribution is 0.484. The summed E-state index contributed by atoms with van der Waals surface area (Å²) < 4.78 is 22.5. The second-order valence-electron chi connectivity index (χ2n) is 6.55. The van der Waals surface area contributed by atoms with Crippen LogP contribution in [0.5, 0.6) is 0 Å². The number of rotatable bonds is 8. The molecule has 2 atom stereocenters. The maximum Gasteiger partial charge on any atom is 0.191 e. The van der Waals surface area contributed by atoms with E-state index in [2.05, 4.69) is 40.5 Å². The maximum atomic E-state index is 11.3. The van der Waals surface area contributed by atoms with Gasteiger partial charge in [0.2, 0.25) is 0 Å². The standard InChI is InChI=1S/C17H30N4O2S.HI/c1-13(2)16(15-7-6-9-19-11-15)12-20-17(18-4)21-14(3)8-10-24(5,22)23;/h6-7,9,11,13-14,16H,8,10,12H2,1-5H3,(H2,18,20,21);1H. The highest BCUT2D eigenvalue weighted by atomic mass is 127. The van der Waals surface area contributed by atoms with Gasteiger partial charge < -0.3 is 10.6 Å². The van der Waals surface area contributed by atoms with Crippen LogP contribution < -0.4 is 10.6 Å². The molecule has 0 saturated carbocycles. The average molecular weight is 482 g/mol. The molecule has 1 aromatic rings. The van der Waals surface area contributed by atoms with Crippen LogP contribution in [0.3, 0.4) is 0 Å². The Morgan fingerprint density at radius 1 is 1.32 bits per heavy atom. The highest BCUT2D eigenvalue weighted by molar-refractivity contribution is 14.0. The van der Waals surface area contributed by atoms with Crippen LogP contribution in [-0.4, -0.2) is 51.0 Å². The van der Waals surface area contributed by atoms with Crippen LogP contribution in [0.4, 0.5) is 0 Å². The van der Waals surface area contributed by atoms with Gasteiger partial charge in [-0.15, -0.1) is 24.0 Å². The van der Waals surface area contributed by atoms with E-state index in [1.165, 1.54) is 11.8 Å². The molecule has 0 spiro atoms. The van der Waals surface area contributed by atoms with E-state index in [9.17, 15) is 8.42 Å². The number of aromatic nitrogens is 1. The second-order valence-corrected chi connectivity index (χ2v) is 8.81. The van der Waals surface area contributed by atoms with Crippen molar-refractivity contribution >= 4 is 39.8 Å². The largest absolute Gasteiger partial charge is 0.356 e. The van der Waals surface area contributed by atoms with Gasteiger partial charge in [-0.05, 0) is 30.9 Å². The lowest BCUT2D eigenvalue weighted by atomic mass is 9.89. The summed E-state index contributed by atoms with van der Waals surface area (Å²) in [4.78, 5) is 8.43. The number of halogens is 1. The van der Waals surface area contributed by atoms with Crippen molar-refractivity contribution in [3.05, 3.63) is 30.1 Å². The van der Waals surface area contributed by atoms with Gasteiger partial charge in [-0.3, -0.25) is 9.98 Å². The minimum Gasteiger partial charge on any atom is -0.356 e. The van der Waals surface area contributed by atoms with Crippen molar-refractivity contribution in [3.8, 4) is 0 Å². The highest BCUT2D eigenvalue weighted by Gasteiger charge is 2.17. The van der Waals surface area contributed by atoms with Gasteiger partial charge in [-0.2, -0.15) is 0 Å². The van der Waals surface area contributed by atoms with E-state index >= 15 is 0 Å². The predicted molar refractivity (Wildman–Crippen MR) is 116 cm³/mol. The lowest BCUT2D eigenvalue weighted by Gasteiger charge is -2.24. The van der Waals surface area contributed by atoms with Gasteiger partial charge in [-0.1, -0.05) is 19.9 Å². The van der Waals surface area contributed by atoms with E-state index in [1.807, 2.05) is 19.2 Å². The van der Waals surface area contributed by atoms with Crippen LogP contribution in [0.15, 0.2) is 29.5 Å². The van der Waals surface area contributed by atoms with E-state index in [4.69, 9.17) is 0 Å². The summed E-state index contributed by atoms with van der Waals surface area (Å²) in [6.45, 7) is 7.06. The van der Waals surface area contributed by atoms with Crippen LogP contribution in [0.1, 0.15) is 38.7 Å². The fourth-order valence-corrected chi connectivity index (χ4v) is 3.21. The number of hydrogen-bond donors (Lipinski definition) is 2. The molecular weight excluding hydrogens is 451 g/mol. The molecule has 144 valence electrons. The van der Waals surface area contributed by atoms with Gasteiger partial charge in [0.05, 0.1) is 5.75 Å². The number of nitrogens with zero attached hydrogens (tertiary/aromatic N) is 2. The quantitative estimate of drug-likeness (QED) is 0.338. The van der Waals surface area contributed by atoms with Crippen molar-refractivity contribution in [2.24, 2.45) is 10.9 Å². The molecule has 0 aliphatic rings. The monoisotopic (exact) mass is 482 g/mol. The molecule has 0 saturated heterocycles. The molecule has 0 aliphatic heterocycles. The molecule has 2 unspecified atom stereocenters. The fraction of sp³-hybridized carbons (Fsp3) is 0.647. The van der Waals surface area contributed by atoms with E-state index in [0.717, 1.165) is 6.54 Å². The lowest BCUT2D eigenvalue weighted by Crippen LogP contribution is -2.44. The maximum absolute atomic E-state index is 11.3. The van der Waals surface area contributed by atoms with Gasteiger partial charge in [0.15, 0.2) is 5.96 Å². The number of sulfone groups is 1. The molecule has 0 fully saturated rings. The summed E-state index contributed by atoms with van der Waals surface area (Å²) in [5.41, 5.74) is 1.19. The normalized spacial score (nSPS) is 14.6. The minimum absolute atomic E-state index is 0. The fourth-order valence-electron chi connectivity index (χ4n) is 2.43. The predicted octanol–water partition coefficient (Wildman–Crippen LogP) is 2.43. The second kappa shape index (κ2) is 11.7. The number of aliphatic imine (C=N–C) groups is 1. The molecule has 1 aromatic heterocycles. The van der Waals surface area contributed by atoms with Crippen molar-refractivity contribution in [3.63, 3.8) is 0 Å². The first-order valence-electron chi connectivity index (χ1n) is 8.27. The zero-order chi connectivity index (χ0) is 18.2. The van der Waals surface area contributed by atoms with Gasteiger partial charge in [0.25, 0.3) is 0 Å². The number of hydrogen-bond acceptors (Lipinski definition) is 4. The van der Waals surface area contributed by atoms with Crippen LogP contribution in [0.25, 0.3) is 0 Å². The van der Waals surface area contributed by atoms with Gasteiger partial charge >= 0.3 is 0 Å². The molecule has 8 heteroatoms. The number of guanidine groups is 1. The summed E-state index contributed by atoms with van der Waals surface area (Å²) >= 11 is 0. The Morgan fingerprint density at radius 3 is 2.48 bits per heavy atom. The average Bonchev–Trinajstić information content (AvgIpc) is 2.52. The van der Waals surface area contributed by atoms with Gasteiger partial charge in [0.1, 0.15) is 9.84 Å². The van der Waals surface area contributed by atoms with E-state index in [0.29, 0.717) is 24.2 Å². The molecule has 25 heavy (non-hydrogen) atoms. The molecule has 0 amide bonds. The molecule has 1 heterocycles. The third-order valence-corrected chi connectivity index (χ3v) is 4.91. The van der Waals surface area contributed by atoms with Crippen molar-refractivity contribution in [2.75, 3.05) is 25.6 Å². The van der Waals surface area contributed by atoms with Gasteiger partial charge in [-0.25, -0.2) is 8.42 Å². The highest BCUT2D eigenvalue weighted by Crippen LogP contribution is 2.22. The van der Waals surface area contributed by atoms with Crippen molar-refractivity contribution in [1.82, 2.24) is 15.6 Å². The minimum atomic E-state index is -2.94. The van der Waals surface area contributed by atoms with Crippen molar-refractivity contribution in [2.45, 2.75) is 39.2 Å². The first-order valence-corrected chi connectivity index (χ1v) is 10.3. The first kappa shape index (κ1) is 24.1. The van der Waals surface area contributed by atoms with Crippen LogP contribution in [0, 0.1) is 5.92 Å². The zero-order valence-electron chi connectivity index (χ0n) is 15.7. The van der Waals surface area contributed by atoms with E-state index in [-0.39, 0.29) is 35.8 Å². The number of pyridine rings is 1. The molecule has 0 radical (unpaired) electrons. The Morgan fingerprint density at radius 2 is 2.00 bits per heavy atom. The topological polar surface area (TPSA) is 83.4 Å². The Hall–Kier alpha value is -0.900. The van der Waals surface area contributed by atoms with Crippen molar-refractivity contribution < 1.29 is 8.42 Å². The SMILES string of the molecule is CN=C(NCC(c1cccnc1)C(C)C)NC(C)CCS(C)(=O)=O.I. The Labute approximate surface area is 169 Å². The summed E-state index contributed by atoms with van der Waals surface area (Å²) in [5.74, 6) is 1.64. The molecule has 2 N–H and O–H groups in total. The summed E-state index contributed by atoms with van der Waals surface area (Å²) in [7, 11) is -1.23. The third kappa shape index (κ3) is 9.98. The Bertz CT molecular complexity index is 621. The van der Waals surface area contributed by atoms with Crippen LogP contribution in [0.2, 0.25) is 0 Å². The molecule has 1 rings (SSSR count). The number of nitrogens with one attached hydrogen (secondary N) is 2. The van der Waals surface area contributed by atoms with Crippen LogP contribution in [-0.2, 0) is 9.84 Å². The zero-order valence-corrected chi connectivity index (χ0v) is 18.8. The summed E-state index contributed by atoms with van der Waals surface area (Å²) in [6, 6.07) is 4.07. The third-order valence-electron chi connectivity index (χ3n) is 3.94. The Kier molecular flexibility index (Phi) is 11.2. The van der Waals surface area contributed by atoms with Gasteiger partial charge in [0, 0.05) is 44.2 Å². The molecule has 6 nitrogen and oxygen atoms in total. The molecule has 0 aromatic carbocycles. The van der Waals surface area contributed by atoms with E-state index < -0.39 is 9.84 Å². The molecular formula is C17H31IN4O2S. The summed E-state index contributed by atoms with van der Waals surface area (Å²) in [5, 5.41) is 6.58. The molecule has 0 bridgehead atoms. The Balaban J connectivity index is 0.00000576. The first-order chi connectivity index (χ1) is 11.2. The smallest absolute Gasteiger partial charge is 0.191 e. The molecule has 0 aliphatic carbocycles. The van der Waals surface area contributed by atoms with E-state index in [1.54, 1.807) is 13.2 Å². The van der Waals surface area contributed by atoms with Crippen molar-refractivity contribution in [1.29, 1.82) is 0 Å².